The summed E-state index contributed by atoms with van der Waals surface area (Å²) in [5.41, 5.74) is 6.66. The predicted molar refractivity (Wildman–Crippen MR) is 84.3 cm³/mol. The van der Waals surface area contributed by atoms with Crippen molar-refractivity contribution in [3.8, 4) is 0 Å². The Hall–Kier alpha value is -2.14. The number of nitrogens with zero attached hydrogens (tertiary/aromatic N) is 1. The fourth-order valence-electron chi connectivity index (χ4n) is 1.65. The van der Waals surface area contributed by atoms with Gasteiger partial charge in [-0.05, 0) is 24.3 Å². The Morgan fingerprint density at radius 2 is 1.65 bits per heavy atom. The molecule has 0 amide bonds. The number of nitrogens with two attached hydrogens (primary N) is 1. The minimum Gasteiger partial charge on any atom is -0.370 e. The second kappa shape index (κ2) is 7.45. The maximum absolute atomic E-state index is 12.0. The number of rotatable bonds is 5. The third kappa shape index (κ3) is 4.51. The van der Waals surface area contributed by atoms with Gasteiger partial charge in [-0.25, -0.2) is 0 Å². The number of para-hydroxylation sites is 1. The molecule has 0 aliphatic carbocycles. The van der Waals surface area contributed by atoms with Crippen molar-refractivity contribution in [2.24, 2.45) is 10.7 Å². The molecule has 1 atom stereocenters. The van der Waals surface area contributed by atoms with E-state index in [4.69, 9.17) is 5.73 Å². The average molecular weight is 287 g/mol. The minimum absolute atomic E-state index is 0.335. The zero-order chi connectivity index (χ0) is 14.2. The molecule has 0 heterocycles. The van der Waals surface area contributed by atoms with Gasteiger partial charge in [-0.3, -0.25) is 9.20 Å². The summed E-state index contributed by atoms with van der Waals surface area (Å²) in [5.74, 6) is 0.794. The molecule has 20 heavy (non-hydrogen) atoms. The van der Waals surface area contributed by atoms with Gasteiger partial charge in [0.1, 0.15) is 0 Å². The Morgan fingerprint density at radius 3 is 2.30 bits per heavy atom. The number of benzene rings is 2. The maximum atomic E-state index is 12.0. The van der Waals surface area contributed by atoms with Crippen LogP contribution in [-0.2, 0) is 10.8 Å². The van der Waals surface area contributed by atoms with E-state index in [9.17, 15) is 4.21 Å². The van der Waals surface area contributed by atoms with Gasteiger partial charge in [0.15, 0.2) is 5.96 Å². The molecule has 0 aliphatic rings. The SMILES string of the molecule is NC(=NCCS(=O)c1ccccc1)Nc1ccccc1. The van der Waals surface area contributed by atoms with Crippen LogP contribution in [0.5, 0.6) is 0 Å². The molecule has 0 saturated heterocycles. The number of aliphatic imine (C=N–C) groups is 1. The van der Waals surface area contributed by atoms with Gasteiger partial charge in [-0.2, -0.15) is 0 Å². The van der Waals surface area contributed by atoms with Gasteiger partial charge >= 0.3 is 0 Å². The smallest absolute Gasteiger partial charge is 0.193 e. The van der Waals surface area contributed by atoms with Crippen molar-refractivity contribution in [1.29, 1.82) is 0 Å². The molecule has 2 aromatic carbocycles. The first kappa shape index (κ1) is 14.3. The van der Waals surface area contributed by atoms with E-state index >= 15 is 0 Å². The molecular formula is C15H17N3OS. The molecular weight excluding hydrogens is 270 g/mol. The van der Waals surface area contributed by atoms with Crippen LogP contribution in [0.4, 0.5) is 5.69 Å². The van der Waals surface area contributed by atoms with Crippen molar-refractivity contribution in [1.82, 2.24) is 0 Å². The number of guanidine groups is 1. The highest BCUT2D eigenvalue weighted by Crippen LogP contribution is 2.06. The van der Waals surface area contributed by atoms with Crippen LogP contribution in [0.25, 0.3) is 0 Å². The third-order valence-electron chi connectivity index (χ3n) is 2.61. The Morgan fingerprint density at radius 1 is 1.05 bits per heavy atom. The van der Waals surface area contributed by atoms with Gasteiger partial charge in [0.25, 0.3) is 0 Å². The van der Waals surface area contributed by atoms with Crippen LogP contribution in [0.1, 0.15) is 0 Å². The molecule has 5 heteroatoms. The lowest BCUT2D eigenvalue weighted by atomic mass is 10.3. The zero-order valence-electron chi connectivity index (χ0n) is 11.0. The lowest BCUT2D eigenvalue weighted by Gasteiger charge is -2.05. The summed E-state index contributed by atoms with van der Waals surface area (Å²) in [5, 5.41) is 2.98. The van der Waals surface area contributed by atoms with E-state index in [1.54, 1.807) is 0 Å². The Labute approximate surface area is 121 Å². The summed E-state index contributed by atoms with van der Waals surface area (Å²) in [7, 11) is -1.04. The second-order valence-electron chi connectivity index (χ2n) is 4.12. The summed E-state index contributed by atoms with van der Waals surface area (Å²) in [6.07, 6.45) is 0. The van der Waals surface area contributed by atoms with E-state index in [2.05, 4.69) is 10.3 Å². The third-order valence-corrected chi connectivity index (χ3v) is 3.96. The fraction of sp³-hybridized carbons (Fsp3) is 0.133. The molecule has 1 unspecified atom stereocenters. The van der Waals surface area contributed by atoms with Crippen LogP contribution in [0.2, 0.25) is 0 Å². The van der Waals surface area contributed by atoms with Crippen LogP contribution < -0.4 is 11.1 Å². The van der Waals surface area contributed by atoms with Crippen LogP contribution in [0.3, 0.4) is 0 Å². The summed E-state index contributed by atoms with van der Waals surface area (Å²) in [6, 6.07) is 18.9. The van der Waals surface area contributed by atoms with Gasteiger partial charge in [0.05, 0.1) is 17.3 Å². The zero-order valence-corrected chi connectivity index (χ0v) is 11.8. The Balaban J connectivity index is 1.82. The van der Waals surface area contributed by atoms with E-state index in [1.807, 2.05) is 60.7 Å². The number of hydrogen-bond donors (Lipinski definition) is 2. The molecule has 104 valence electrons. The highest BCUT2D eigenvalue weighted by Gasteiger charge is 2.02. The topological polar surface area (TPSA) is 67.5 Å². The fourth-order valence-corrected chi connectivity index (χ4v) is 2.60. The van der Waals surface area contributed by atoms with E-state index in [1.165, 1.54) is 0 Å². The van der Waals surface area contributed by atoms with Crippen molar-refractivity contribution in [3.05, 3.63) is 60.7 Å². The highest BCUT2D eigenvalue weighted by atomic mass is 32.2. The van der Waals surface area contributed by atoms with E-state index < -0.39 is 10.8 Å². The van der Waals surface area contributed by atoms with E-state index in [0.717, 1.165) is 10.6 Å². The van der Waals surface area contributed by atoms with Crippen molar-refractivity contribution in [2.75, 3.05) is 17.6 Å². The molecule has 4 nitrogen and oxygen atoms in total. The van der Waals surface area contributed by atoms with Crippen molar-refractivity contribution in [3.63, 3.8) is 0 Å². The number of anilines is 1. The molecule has 0 fully saturated rings. The monoisotopic (exact) mass is 287 g/mol. The van der Waals surface area contributed by atoms with Crippen LogP contribution in [-0.4, -0.2) is 22.5 Å². The molecule has 3 N–H and O–H groups in total. The molecule has 2 rings (SSSR count). The lowest BCUT2D eigenvalue weighted by molar-refractivity contribution is 0.683. The normalized spacial score (nSPS) is 12.9. The quantitative estimate of drug-likeness (QED) is 0.654. The first-order valence-electron chi connectivity index (χ1n) is 6.31. The van der Waals surface area contributed by atoms with Crippen molar-refractivity contribution in [2.45, 2.75) is 4.90 Å². The van der Waals surface area contributed by atoms with Gasteiger partial charge in [-0.1, -0.05) is 36.4 Å². The average Bonchev–Trinajstić information content (AvgIpc) is 2.49. The molecule has 2 aromatic rings. The molecule has 0 spiro atoms. The first-order valence-corrected chi connectivity index (χ1v) is 7.63. The number of hydrogen-bond acceptors (Lipinski definition) is 2. The molecule has 0 aliphatic heterocycles. The van der Waals surface area contributed by atoms with Gasteiger partial charge < -0.3 is 11.1 Å². The molecule has 0 bridgehead atoms. The van der Waals surface area contributed by atoms with Gasteiger partial charge in [-0.15, -0.1) is 0 Å². The summed E-state index contributed by atoms with van der Waals surface area (Å²) in [4.78, 5) is 4.99. The summed E-state index contributed by atoms with van der Waals surface area (Å²) < 4.78 is 12.0. The standard InChI is InChI=1S/C15H17N3OS/c16-15(18-13-7-3-1-4-8-13)17-11-12-20(19)14-9-5-2-6-10-14/h1-10H,11-12H2,(H3,16,17,18). The van der Waals surface area contributed by atoms with E-state index in [0.29, 0.717) is 18.3 Å². The number of nitrogens with one attached hydrogen (secondary N) is 1. The first-order chi connectivity index (χ1) is 9.75. The van der Waals surface area contributed by atoms with Crippen molar-refractivity contribution < 1.29 is 4.21 Å². The van der Waals surface area contributed by atoms with Gasteiger partial charge in [0, 0.05) is 16.3 Å². The largest absolute Gasteiger partial charge is 0.370 e. The van der Waals surface area contributed by atoms with E-state index in [-0.39, 0.29) is 0 Å². The second-order valence-corrected chi connectivity index (χ2v) is 5.69. The molecule has 0 radical (unpaired) electrons. The van der Waals surface area contributed by atoms with Crippen LogP contribution in [0.15, 0.2) is 70.6 Å². The predicted octanol–water partition coefficient (Wildman–Crippen LogP) is 2.22. The minimum atomic E-state index is -1.04. The van der Waals surface area contributed by atoms with Crippen LogP contribution >= 0.6 is 0 Å². The Kier molecular flexibility index (Phi) is 5.32. The summed E-state index contributed by atoms with van der Waals surface area (Å²) >= 11 is 0. The maximum Gasteiger partial charge on any atom is 0.193 e. The highest BCUT2D eigenvalue weighted by molar-refractivity contribution is 7.85. The lowest BCUT2D eigenvalue weighted by Crippen LogP contribution is -2.23. The molecule has 0 saturated carbocycles. The van der Waals surface area contributed by atoms with Crippen molar-refractivity contribution >= 4 is 22.4 Å². The Bertz CT molecular complexity index is 585. The van der Waals surface area contributed by atoms with Gasteiger partial charge in [0.2, 0.25) is 0 Å². The summed E-state index contributed by atoms with van der Waals surface area (Å²) in [6.45, 7) is 0.424. The van der Waals surface area contributed by atoms with Crippen LogP contribution in [0, 0.1) is 0 Å². The molecule has 0 aromatic heterocycles.